The molecule has 0 spiro atoms. The third-order valence-electron chi connectivity index (χ3n) is 3.38. The lowest BCUT2D eigenvalue weighted by molar-refractivity contribution is 0.0712. The molecule has 0 saturated carbocycles. The maximum Gasteiger partial charge on any atom is 0.251 e. The summed E-state index contributed by atoms with van der Waals surface area (Å²) in [5.41, 5.74) is 7.92. The first-order valence-electron chi connectivity index (χ1n) is 6.36. The highest BCUT2D eigenvalue weighted by molar-refractivity contribution is 5.96. The summed E-state index contributed by atoms with van der Waals surface area (Å²) in [6, 6.07) is 5.36. The predicted octanol–water partition coefficient (Wildman–Crippen LogP) is 1.87. The van der Waals surface area contributed by atoms with Crippen LogP contribution < -0.4 is 11.1 Å². The number of nitrogens with two attached hydrogens (primary N) is 1. The molecule has 2 unspecified atom stereocenters. The van der Waals surface area contributed by atoms with Crippen LogP contribution in [0.15, 0.2) is 18.2 Å². The van der Waals surface area contributed by atoms with E-state index in [1.165, 1.54) is 0 Å². The lowest BCUT2D eigenvalue weighted by Crippen LogP contribution is -2.41. The van der Waals surface area contributed by atoms with Crippen LogP contribution in [-0.4, -0.2) is 24.7 Å². The first-order valence-corrected chi connectivity index (χ1v) is 6.36. The van der Waals surface area contributed by atoms with Gasteiger partial charge in [0.25, 0.3) is 5.91 Å². The van der Waals surface area contributed by atoms with Crippen molar-refractivity contribution in [2.75, 3.05) is 12.3 Å². The number of anilines is 1. The van der Waals surface area contributed by atoms with Gasteiger partial charge in [-0.3, -0.25) is 4.79 Å². The largest absolute Gasteiger partial charge is 0.399 e. The number of ether oxygens (including phenoxy) is 1. The fourth-order valence-corrected chi connectivity index (χ4v) is 2.32. The number of aryl methyl sites for hydroxylation is 1. The van der Waals surface area contributed by atoms with Gasteiger partial charge in [0.2, 0.25) is 0 Å². The molecule has 0 aliphatic carbocycles. The smallest absolute Gasteiger partial charge is 0.251 e. The number of hydrogen-bond acceptors (Lipinski definition) is 3. The van der Waals surface area contributed by atoms with Gasteiger partial charge in [-0.15, -0.1) is 0 Å². The minimum atomic E-state index is -0.0597. The number of amides is 1. The second-order valence-electron chi connectivity index (χ2n) is 4.89. The number of benzene rings is 1. The van der Waals surface area contributed by atoms with Gasteiger partial charge >= 0.3 is 0 Å². The lowest BCUT2D eigenvalue weighted by Gasteiger charge is -2.20. The molecule has 0 aromatic heterocycles. The molecule has 2 atom stereocenters. The Morgan fingerprint density at radius 3 is 2.94 bits per heavy atom. The molecule has 1 amide bonds. The molecule has 18 heavy (non-hydrogen) atoms. The number of rotatable bonds is 3. The number of carbonyl (C=O) groups is 1. The van der Waals surface area contributed by atoms with Gasteiger partial charge in [-0.2, -0.15) is 0 Å². The van der Waals surface area contributed by atoms with Gasteiger partial charge in [0.05, 0.1) is 12.1 Å². The summed E-state index contributed by atoms with van der Waals surface area (Å²) in [4.78, 5) is 12.1. The van der Waals surface area contributed by atoms with Crippen LogP contribution in [-0.2, 0) is 4.74 Å². The first kappa shape index (κ1) is 12.9. The fourth-order valence-electron chi connectivity index (χ4n) is 2.32. The Bertz CT molecular complexity index is 439. The third kappa shape index (κ3) is 2.82. The molecule has 1 saturated heterocycles. The summed E-state index contributed by atoms with van der Waals surface area (Å²) >= 11 is 0. The summed E-state index contributed by atoms with van der Waals surface area (Å²) in [5.74, 6) is -0.0597. The van der Waals surface area contributed by atoms with Crippen LogP contribution in [0.3, 0.4) is 0 Å². The number of carbonyl (C=O) groups excluding carboxylic acids is 1. The van der Waals surface area contributed by atoms with E-state index in [-0.39, 0.29) is 18.1 Å². The highest BCUT2D eigenvalue weighted by Gasteiger charge is 2.24. The van der Waals surface area contributed by atoms with Gasteiger partial charge in [-0.1, -0.05) is 0 Å². The summed E-state index contributed by atoms with van der Waals surface area (Å²) in [7, 11) is 0. The highest BCUT2D eigenvalue weighted by Crippen LogP contribution is 2.17. The zero-order chi connectivity index (χ0) is 13.1. The Hall–Kier alpha value is -1.55. The Morgan fingerprint density at radius 1 is 1.56 bits per heavy atom. The lowest BCUT2D eigenvalue weighted by atomic mass is 10.1. The van der Waals surface area contributed by atoms with Gasteiger partial charge in [0.1, 0.15) is 0 Å². The van der Waals surface area contributed by atoms with E-state index >= 15 is 0 Å². The van der Waals surface area contributed by atoms with Crippen molar-refractivity contribution in [3.63, 3.8) is 0 Å². The molecule has 0 bridgehead atoms. The molecule has 1 aliphatic rings. The molecule has 1 aromatic carbocycles. The van der Waals surface area contributed by atoms with Gasteiger partial charge in [0.15, 0.2) is 0 Å². The monoisotopic (exact) mass is 248 g/mol. The molecule has 1 fully saturated rings. The minimum Gasteiger partial charge on any atom is -0.399 e. The van der Waals surface area contributed by atoms with E-state index in [9.17, 15) is 4.79 Å². The second kappa shape index (κ2) is 5.40. The average Bonchev–Trinajstić information content (AvgIpc) is 2.81. The normalized spacial score (nSPS) is 20.7. The van der Waals surface area contributed by atoms with Crippen molar-refractivity contribution in [3.8, 4) is 0 Å². The van der Waals surface area contributed by atoms with Crippen LogP contribution in [0.4, 0.5) is 5.69 Å². The molecule has 98 valence electrons. The summed E-state index contributed by atoms with van der Waals surface area (Å²) in [6.45, 7) is 4.67. The maximum absolute atomic E-state index is 12.1. The minimum absolute atomic E-state index is 0.0388. The van der Waals surface area contributed by atoms with Crippen molar-refractivity contribution in [3.05, 3.63) is 29.3 Å². The Morgan fingerprint density at radius 2 is 2.33 bits per heavy atom. The van der Waals surface area contributed by atoms with E-state index in [2.05, 4.69) is 5.32 Å². The van der Waals surface area contributed by atoms with Crippen molar-refractivity contribution >= 4 is 11.6 Å². The molecular weight excluding hydrogens is 228 g/mol. The molecule has 0 radical (unpaired) electrons. The van der Waals surface area contributed by atoms with Crippen molar-refractivity contribution in [1.29, 1.82) is 0 Å². The second-order valence-corrected chi connectivity index (χ2v) is 4.89. The van der Waals surface area contributed by atoms with E-state index in [1.54, 1.807) is 12.1 Å². The maximum atomic E-state index is 12.1. The van der Waals surface area contributed by atoms with Crippen molar-refractivity contribution in [2.45, 2.75) is 38.8 Å². The van der Waals surface area contributed by atoms with E-state index < -0.39 is 0 Å². The SMILES string of the molecule is Cc1cc(N)ccc1C(=O)NC(C)C1CCCO1. The van der Waals surface area contributed by atoms with Crippen LogP contribution in [0.25, 0.3) is 0 Å². The Balaban J connectivity index is 2.02. The van der Waals surface area contributed by atoms with Crippen LogP contribution in [0.2, 0.25) is 0 Å². The van der Waals surface area contributed by atoms with Gasteiger partial charge < -0.3 is 15.8 Å². The topological polar surface area (TPSA) is 64.4 Å². The average molecular weight is 248 g/mol. The number of nitrogens with one attached hydrogen (secondary N) is 1. The van der Waals surface area contributed by atoms with Gasteiger partial charge in [-0.05, 0) is 50.5 Å². The molecule has 2 rings (SSSR count). The Kier molecular flexibility index (Phi) is 3.87. The van der Waals surface area contributed by atoms with Crippen molar-refractivity contribution in [1.82, 2.24) is 5.32 Å². The van der Waals surface area contributed by atoms with Crippen molar-refractivity contribution < 1.29 is 9.53 Å². The van der Waals surface area contributed by atoms with Crippen molar-refractivity contribution in [2.24, 2.45) is 0 Å². The van der Waals surface area contributed by atoms with E-state index in [1.807, 2.05) is 19.9 Å². The van der Waals surface area contributed by atoms with Gasteiger partial charge in [0, 0.05) is 17.9 Å². The highest BCUT2D eigenvalue weighted by atomic mass is 16.5. The molecule has 4 nitrogen and oxygen atoms in total. The molecule has 4 heteroatoms. The molecule has 3 N–H and O–H groups in total. The summed E-state index contributed by atoms with van der Waals surface area (Å²) in [5, 5.41) is 2.99. The van der Waals surface area contributed by atoms with Crippen LogP contribution in [0, 0.1) is 6.92 Å². The van der Waals surface area contributed by atoms with Gasteiger partial charge in [-0.25, -0.2) is 0 Å². The zero-order valence-corrected chi connectivity index (χ0v) is 10.9. The van der Waals surface area contributed by atoms with E-state index in [4.69, 9.17) is 10.5 Å². The van der Waals surface area contributed by atoms with Crippen LogP contribution in [0.1, 0.15) is 35.7 Å². The Labute approximate surface area is 108 Å². The first-order chi connectivity index (χ1) is 8.58. The predicted molar refractivity (Wildman–Crippen MR) is 71.5 cm³/mol. The molecule has 1 heterocycles. The van der Waals surface area contributed by atoms with Crippen LogP contribution >= 0.6 is 0 Å². The molecule has 1 aliphatic heterocycles. The fraction of sp³-hybridized carbons (Fsp3) is 0.500. The van der Waals surface area contributed by atoms with E-state index in [0.717, 1.165) is 25.0 Å². The standard InChI is InChI=1S/C14H20N2O2/c1-9-8-11(15)5-6-12(9)14(17)16-10(2)13-4-3-7-18-13/h5-6,8,10,13H,3-4,7,15H2,1-2H3,(H,16,17). The molecular formula is C14H20N2O2. The third-order valence-corrected chi connectivity index (χ3v) is 3.38. The molecule has 1 aromatic rings. The quantitative estimate of drug-likeness (QED) is 0.803. The van der Waals surface area contributed by atoms with Crippen LogP contribution in [0.5, 0.6) is 0 Å². The summed E-state index contributed by atoms with van der Waals surface area (Å²) in [6.07, 6.45) is 2.23. The number of nitrogen functional groups attached to an aromatic ring is 1. The summed E-state index contributed by atoms with van der Waals surface area (Å²) < 4.78 is 5.57. The number of hydrogen-bond donors (Lipinski definition) is 2. The zero-order valence-electron chi connectivity index (χ0n) is 10.9. The van der Waals surface area contributed by atoms with E-state index in [0.29, 0.717) is 11.3 Å².